The number of amides is 2. The molecule has 0 radical (unpaired) electrons. The molecule has 1 aromatic rings. The summed E-state index contributed by atoms with van der Waals surface area (Å²) in [6.07, 6.45) is 0.830. The molecule has 1 saturated carbocycles. The second-order valence-electron chi connectivity index (χ2n) is 6.68. The molecule has 5 nitrogen and oxygen atoms in total. The van der Waals surface area contributed by atoms with Crippen LogP contribution in [0.4, 0.5) is 23.7 Å². The van der Waals surface area contributed by atoms with E-state index in [1.807, 2.05) is 0 Å². The number of hydrogen-bond donors (Lipinski definition) is 2. The first-order chi connectivity index (χ1) is 11.8. The molecule has 2 fully saturated rings. The van der Waals surface area contributed by atoms with E-state index in [4.69, 9.17) is 5.26 Å². The molecule has 1 aromatic carbocycles. The van der Waals surface area contributed by atoms with Gasteiger partial charge in [0.2, 0.25) is 0 Å². The zero-order valence-electron chi connectivity index (χ0n) is 13.4. The van der Waals surface area contributed by atoms with Crippen LogP contribution in [0, 0.1) is 17.1 Å². The summed E-state index contributed by atoms with van der Waals surface area (Å²) in [6, 6.07) is 4.22. The van der Waals surface area contributed by atoms with Gasteiger partial charge in [-0.3, -0.25) is 0 Å². The molecule has 1 aliphatic heterocycles. The number of carbonyl (C=O) groups excluding carboxylic acids is 1. The smallest absolute Gasteiger partial charge is 0.322 e. The standard InChI is InChI=1S/C17H18F3N3O2/c18-12-6-11(9-21)7-13(8-12)22-15(25)23-10-17(19,20)14(24)16(23)4-2-1-3-5-16/h6-8,14,24H,1-5,10H2,(H,22,25). The number of aliphatic hydroxyl groups is 1. The molecule has 8 heteroatoms. The first-order valence-corrected chi connectivity index (χ1v) is 8.14. The van der Waals surface area contributed by atoms with Crippen molar-refractivity contribution in [1.29, 1.82) is 5.26 Å². The fraction of sp³-hybridized carbons (Fsp3) is 0.529. The van der Waals surface area contributed by atoms with E-state index in [0.29, 0.717) is 25.7 Å². The Morgan fingerprint density at radius 1 is 1.28 bits per heavy atom. The van der Waals surface area contributed by atoms with E-state index in [2.05, 4.69) is 5.32 Å². The van der Waals surface area contributed by atoms with Crippen molar-refractivity contribution in [2.24, 2.45) is 0 Å². The van der Waals surface area contributed by atoms with Crippen LogP contribution in [0.25, 0.3) is 0 Å². The minimum atomic E-state index is -3.39. The Labute approximate surface area is 143 Å². The van der Waals surface area contributed by atoms with E-state index in [0.717, 1.165) is 23.5 Å². The number of carbonyl (C=O) groups is 1. The third-order valence-electron chi connectivity index (χ3n) is 5.06. The number of nitrogens with one attached hydrogen (secondary N) is 1. The molecule has 134 valence electrons. The number of urea groups is 1. The highest BCUT2D eigenvalue weighted by Gasteiger charge is 2.64. The van der Waals surface area contributed by atoms with Gasteiger partial charge in [-0.25, -0.2) is 18.0 Å². The summed E-state index contributed by atoms with van der Waals surface area (Å²) >= 11 is 0. The number of hydrogen-bond acceptors (Lipinski definition) is 3. The summed E-state index contributed by atoms with van der Waals surface area (Å²) < 4.78 is 41.7. The molecule has 2 amide bonds. The lowest BCUT2D eigenvalue weighted by Crippen LogP contribution is -2.55. The van der Waals surface area contributed by atoms with Crippen molar-refractivity contribution in [2.45, 2.75) is 49.7 Å². The highest BCUT2D eigenvalue weighted by atomic mass is 19.3. The topological polar surface area (TPSA) is 76.4 Å². The number of nitrogens with zero attached hydrogens (tertiary/aromatic N) is 2. The molecule has 0 aromatic heterocycles. The first-order valence-electron chi connectivity index (χ1n) is 8.14. The van der Waals surface area contributed by atoms with Crippen molar-refractivity contribution in [3.8, 4) is 6.07 Å². The van der Waals surface area contributed by atoms with Gasteiger partial charge in [-0.05, 0) is 31.0 Å². The number of likely N-dealkylation sites (tertiary alicyclic amines) is 1. The minimum absolute atomic E-state index is 0.00876. The van der Waals surface area contributed by atoms with Gasteiger partial charge in [-0.15, -0.1) is 0 Å². The molecule has 3 rings (SSSR count). The van der Waals surface area contributed by atoms with Crippen LogP contribution in [0.1, 0.15) is 37.7 Å². The van der Waals surface area contributed by atoms with Crippen molar-refractivity contribution in [1.82, 2.24) is 4.90 Å². The molecule has 1 atom stereocenters. The first kappa shape index (κ1) is 17.5. The Balaban J connectivity index is 1.88. The summed E-state index contributed by atoms with van der Waals surface area (Å²) in [5, 5.41) is 21.4. The number of rotatable bonds is 1. The fourth-order valence-corrected chi connectivity index (χ4v) is 3.89. The summed E-state index contributed by atoms with van der Waals surface area (Å²) in [7, 11) is 0. The van der Waals surface area contributed by atoms with Gasteiger partial charge in [-0.1, -0.05) is 19.3 Å². The zero-order valence-corrected chi connectivity index (χ0v) is 13.4. The van der Waals surface area contributed by atoms with E-state index in [1.165, 1.54) is 6.07 Å². The predicted molar refractivity (Wildman–Crippen MR) is 83.6 cm³/mol. The quantitative estimate of drug-likeness (QED) is 0.814. The van der Waals surface area contributed by atoms with Gasteiger partial charge in [-0.2, -0.15) is 5.26 Å². The second kappa shape index (κ2) is 6.23. The summed E-state index contributed by atoms with van der Waals surface area (Å²) in [5.74, 6) is -4.11. The predicted octanol–water partition coefficient (Wildman–Crippen LogP) is 3.24. The molecule has 1 heterocycles. The molecule has 1 aliphatic carbocycles. The van der Waals surface area contributed by atoms with Crippen LogP contribution >= 0.6 is 0 Å². The zero-order chi connectivity index (χ0) is 18.2. The van der Waals surface area contributed by atoms with Crippen LogP contribution < -0.4 is 5.32 Å². The second-order valence-corrected chi connectivity index (χ2v) is 6.68. The maximum atomic E-state index is 14.1. The third kappa shape index (κ3) is 3.04. The molecular weight excluding hydrogens is 335 g/mol. The van der Waals surface area contributed by atoms with Crippen molar-refractivity contribution < 1.29 is 23.1 Å². The summed E-state index contributed by atoms with van der Waals surface area (Å²) in [6.45, 7) is -0.888. The Morgan fingerprint density at radius 3 is 2.60 bits per heavy atom. The van der Waals surface area contributed by atoms with Gasteiger partial charge >= 0.3 is 6.03 Å². The highest BCUT2D eigenvalue weighted by Crippen LogP contribution is 2.47. The van der Waals surface area contributed by atoms with Crippen molar-refractivity contribution >= 4 is 11.7 Å². The Bertz CT molecular complexity index is 726. The molecule has 1 unspecified atom stereocenters. The maximum absolute atomic E-state index is 14.1. The molecule has 2 N–H and O–H groups in total. The van der Waals surface area contributed by atoms with E-state index in [1.54, 1.807) is 6.07 Å². The van der Waals surface area contributed by atoms with Crippen molar-refractivity contribution in [3.05, 3.63) is 29.6 Å². The monoisotopic (exact) mass is 353 g/mol. The Hall–Kier alpha value is -2.27. The van der Waals surface area contributed by atoms with E-state index in [9.17, 15) is 23.1 Å². The summed E-state index contributed by atoms with van der Waals surface area (Å²) in [4.78, 5) is 13.6. The van der Waals surface area contributed by atoms with Crippen LogP contribution in [0.5, 0.6) is 0 Å². The van der Waals surface area contributed by atoms with E-state index in [-0.39, 0.29) is 11.3 Å². The average Bonchev–Trinajstić information content (AvgIpc) is 2.76. The average molecular weight is 353 g/mol. The highest BCUT2D eigenvalue weighted by molar-refractivity contribution is 5.90. The molecule has 2 aliphatic rings. The molecule has 25 heavy (non-hydrogen) atoms. The number of aliphatic hydroxyl groups excluding tert-OH is 1. The van der Waals surface area contributed by atoms with Crippen LogP contribution in [0.3, 0.4) is 0 Å². The lowest BCUT2D eigenvalue weighted by atomic mass is 9.77. The fourth-order valence-electron chi connectivity index (χ4n) is 3.89. The van der Waals surface area contributed by atoms with E-state index < -0.39 is 36.0 Å². The molecule has 1 saturated heterocycles. The number of alkyl halides is 2. The Morgan fingerprint density at radius 2 is 1.96 bits per heavy atom. The Kier molecular flexibility index (Phi) is 4.37. The summed E-state index contributed by atoms with van der Waals surface area (Å²) in [5.41, 5.74) is -1.29. The van der Waals surface area contributed by atoms with Gasteiger partial charge in [0.05, 0.1) is 23.7 Å². The van der Waals surface area contributed by atoms with Crippen LogP contribution in [0.15, 0.2) is 18.2 Å². The maximum Gasteiger partial charge on any atom is 0.322 e. The van der Waals surface area contributed by atoms with Gasteiger partial charge in [0, 0.05) is 5.69 Å². The van der Waals surface area contributed by atoms with Crippen molar-refractivity contribution in [2.75, 3.05) is 11.9 Å². The molecule has 0 bridgehead atoms. The third-order valence-corrected chi connectivity index (χ3v) is 5.06. The minimum Gasteiger partial charge on any atom is -0.384 e. The van der Waals surface area contributed by atoms with Gasteiger partial charge in [0.25, 0.3) is 5.92 Å². The lowest BCUT2D eigenvalue weighted by Gasteiger charge is -2.42. The van der Waals surface area contributed by atoms with Crippen LogP contribution in [0.2, 0.25) is 0 Å². The van der Waals surface area contributed by atoms with Gasteiger partial charge in [0.15, 0.2) is 0 Å². The largest absolute Gasteiger partial charge is 0.384 e. The van der Waals surface area contributed by atoms with Crippen molar-refractivity contribution in [3.63, 3.8) is 0 Å². The number of halogens is 3. The normalized spacial score (nSPS) is 24.1. The molecular formula is C17H18F3N3O2. The SMILES string of the molecule is N#Cc1cc(F)cc(NC(=O)N2CC(F)(F)C(O)C23CCCCC3)c1. The van der Waals surface area contributed by atoms with Crippen LogP contribution in [-0.4, -0.2) is 40.1 Å². The number of nitriles is 1. The number of anilines is 1. The molecule has 1 spiro atoms. The van der Waals surface area contributed by atoms with Crippen LogP contribution in [-0.2, 0) is 0 Å². The van der Waals surface area contributed by atoms with E-state index >= 15 is 0 Å². The van der Waals surface area contributed by atoms with Gasteiger partial charge in [0.1, 0.15) is 11.9 Å². The van der Waals surface area contributed by atoms with Gasteiger partial charge < -0.3 is 15.3 Å². The lowest BCUT2D eigenvalue weighted by molar-refractivity contribution is -0.103. The number of benzene rings is 1.